The van der Waals surface area contributed by atoms with Crippen molar-refractivity contribution in [3.05, 3.63) is 65.2 Å². The zero-order chi connectivity index (χ0) is 16.9. The van der Waals surface area contributed by atoms with Gasteiger partial charge < -0.3 is 20.3 Å². The van der Waals surface area contributed by atoms with Crippen molar-refractivity contribution >= 4 is 0 Å². The van der Waals surface area contributed by atoms with E-state index in [0.717, 1.165) is 25.0 Å². The lowest BCUT2D eigenvalue weighted by Gasteiger charge is -2.29. The number of aliphatic hydroxyl groups is 1. The molecule has 0 spiro atoms. The summed E-state index contributed by atoms with van der Waals surface area (Å²) >= 11 is 0. The summed E-state index contributed by atoms with van der Waals surface area (Å²) in [7, 11) is 0. The van der Waals surface area contributed by atoms with Gasteiger partial charge in [-0.2, -0.15) is 0 Å². The lowest BCUT2D eigenvalue weighted by atomic mass is 9.94. The molecule has 0 radical (unpaired) electrons. The van der Waals surface area contributed by atoms with Crippen LogP contribution in [-0.2, 0) is 11.2 Å². The van der Waals surface area contributed by atoms with Crippen LogP contribution in [0.5, 0.6) is 5.75 Å². The molecule has 4 nitrogen and oxygen atoms in total. The molecule has 24 heavy (non-hydrogen) atoms. The number of aliphatic hydroxyl groups excluding tert-OH is 1. The summed E-state index contributed by atoms with van der Waals surface area (Å²) in [5.74, 6) is 0.209. The van der Waals surface area contributed by atoms with Crippen molar-refractivity contribution < 1.29 is 14.9 Å². The van der Waals surface area contributed by atoms with Gasteiger partial charge in [-0.25, -0.2) is 0 Å². The molecule has 2 aromatic carbocycles. The molecule has 0 bridgehead atoms. The van der Waals surface area contributed by atoms with Crippen LogP contribution in [0.25, 0.3) is 0 Å². The zero-order valence-corrected chi connectivity index (χ0v) is 14.0. The van der Waals surface area contributed by atoms with Crippen LogP contribution in [0.3, 0.4) is 0 Å². The number of rotatable bonds is 6. The van der Waals surface area contributed by atoms with E-state index in [0.29, 0.717) is 6.54 Å². The Kier molecular flexibility index (Phi) is 5.51. The van der Waals surface area contributed by atoms with Crippen molar-refractivity contribution in [1.82, 2.24) is 5.32 Å². The van der Waals surface area contributed by atoms with Crippen LogP contribution in [-0.4, -0.2) is 29.4 Å². The van der Waals surface area contributed by atoms with Crippen molar-refractivity contribution in [2.45, 2.75) is 38.0 Å². The molecule has 2 aromatic rings. The van der Waals surface area contributed by atoms with E-state index in [1.165, 1.54) is 11.1 Å². The van der Waals surface area contributed by atoms with Crippen LogP contribution in [0.1, 0.15) is 42.2 Å². The fourth-order valence-corrected chi connectivity index (χ4v) is 3.20. The lowest BCUT2D eigenvalue weighted by Crippen LogP contribution is -2.33. The number of hydrogen-bond donors (Lipinski definition) is 3. The maximum Gasteiger partial charge on any atom is 0.115 e. The molecule has 1 aliphatic heterocycles. The number of phenolic OH excluding ortho intramolecular Hbond substituents is 1. The van der Waals surface area contributed by atoms with Crippen molar-refractivity contribution in [2.24, 2.45) is 0 Å². The Bertz CT molecular complexity index is 656. The van der Waals surface area contributed by atoms with E-state index in [-0.39, 0.29) is 17.9 Å². The summed E-state index contributed by atoms with van der Waals surface area (Å²) in [6.45, 7) is 3.36. The summed E-state index contributed by atoms with van der Waals surface area (Å²) in [6.07, 6.45) is 1.38. The second-order valence-corrected chi connectivity index (χ2v) is 6.46. The number of hydrogen-bond acceptors (Lipinski definition) is 4. The third kappa shape index (κ3) is 4.15. The van der Waals surface area contributed by atoms with Gasteiger partial charge in [0.2, 0.25) is 0 Å². The Balaban J connectivity index is 1.53. The first-order valence-electron chi connectivity index (χ1n) is 8.53. The normalized spacial score (nSPS) is 19.5. The Hall–Kier alpha value is -1.88. The molecule has 1 aliphatic rings. The predicted octanol–water partition coefficient (Wildman–Crippen LogP) is 3.11. The van der Waals surface area contributed by atoms with Crippen molar-refractivity contribution in [3.8, 4) is 5.75 Å². The number of ether oxygens (including phenoxy) is 1. The predicted molar refractivity (Wildman–Crippen MR) is 94.0 cm³/mol. The molecule has 1 heterocycles. The summed E-state index contributed by atoms with van der Waals surface area (Å²) in [6, 6.07) is 15.4. The fourth-order valence-electron chi connectivity index (χ4n) is 3.20. The van der Waals surface area contributed by atoms with Gasteiger partial charge in [-0.1, -0.05) is 36.4 Å². The number of phenols is 1. The molecule has 0 aliphatic carbocycles. The van der Waals surface area contributed by atoms with Gasteiger partial charge in [0, 0.05) is 12.6 Å². The number of aromatic hydroxyl groups is 1. The highest BCUT2D eigenvalue weighted by Gasteiger charge is 2.22. The number of fused-ring (bicyclic) bond motifs is 1. The smallest absolute Gasteiger partial charge is 0.115 e. The van der Waals surface area contributed by atoms with Crippen molar-refractivity contribution in [1.29, 1.82) is 0 Å². The van der Waals surface area contributed by atoms with E-state index in [9.17, 15) is 10.2 Å². The molecule has 3 N–H and O–H groups in total. The number of nitrogens with one attached hydrogen (secondary N) is 1. The Morgan fingerprint density at radius 2 is 1.92 bits per heavy atom. The SMILES string of the molecule is CC(CC1OCCc2ccccc21)NC[C@H](O)c1ccc(O)cc1. The molecule has 0 amide bonds. The van der Waals surface area contributed by atoms with Crippen LogP contribution < -0.4 is 5.32 Å². The van der Waals surface area contributed by atoms with E-state index in [4.69, 9.17) is 4.74 Å². The minimum atomic E-state index is -0.590. The van der Waals surface area contributed by atoms with Gasteiger partial charge in [0.15, 0.2) is 0 Å². The summed E-state index contributed by atoms with van der Waals surface area (Å²) < 4.78 is 5.95. The lowest BCUT2D eigenvalue weighted by molar-refractivity contribution is 0.0296. The van der Waals surface area contributed by atoms with Gasteiger partial charge in [-0.05, 0) is 48.6 Å². The Labute approximate surface area is 143 Å². The van der Waals surface area contributed by atoms with Crippen molar-refractivity contribution in [2.75, 3.05) is 13.2 Å². The summed E-state index contributed by atoms with van der Waals surface area (Å²) in [5.41, 5.74) is 3.47. The maximum atomic E-state index is 10.2. The first-order valence-corrected chi connectivity index (χ1v) is 8.53. The minimum absolute atomic E-state index is 0.114. The molecular formula is C20H25NO3. The quantitative estimate of drug-likeness (QED) is 0.763. The maximum absolute atomic E-state index is 10.2. The van der Waals surface area contributed by atoms with Crippen LogP contribution in [0, 0.1) is 0 Å². The average molecular weight is 327 g/mol. The fraction of sp³-hybridized carbons (Fsp3) is 0.400. The highest BCUT2D eigenvalue weighted by atomic mass is 16.5. The zero-order valence-electron chi connectivity index (χ0n) is 14.0. The van der Waals surface area contributed by atoms with E-state index in [1.54, 1.807) is 24.3 Å². The van der Waals surface area contributed by atoms with Crippen molar-refractivity contribution in [3.63, 3.8) is 0 Å². The van der Waals surface area contributed by atoms with Gasteiger partial charge in [-0.3, -0.25) is 0 Å². The third-order valence-electron chi connectivity index (χ3n) is 4.60. The summed E-state index contributed by atoms with van der Waals surface area (Å²) in [4.78, 5) is 0. The third-order valence-corrected chi connectivity index (χ3v) is 4.60. The molecule has 0 saturated heterocycles. The molecule has 3 rings (SSSR count). The molecule has 3 atom stereocenters. The summed E-state index contributed by atoms with van der Waals surface area (Å²) in [5, 5.41) is 22.9. The van der Waals surface area contributed by atoms with Gasteiger partial charge >= 0.3 is 0 Å². The van der Waals surface area contributed by atoms with E-state index in [2.05, 4.69) is 36.5 Å². The van der Waals surface area contributed by atoms with E-state index in [1.807, 2.05) is 0 Å². The van der Waals surface area contributed by atoms with Crippen LogP contribution in [0.4, 0.5) is 0 Å². The number of benzene rings is 2. The minimum Gasteiger partial charge on any atom is -0.508 e. The van der Waals surface area contributed by atoms with Crippen LogP contribution in [0.2, 0.25) is 0 Å². The van der Waals surface area contributed by atoms with Gasteiger partial charge in [0.1, 0.15) is 5.75 Å². The highest BCUT2D eigenvalue weighted by Crippen LogP contribution is 2.30. The highest BCUT2D eigenvalue weighted by molar-refractivity contribution is 5.31. The largest absolute Gasteiger partial charge is 0.508 e. The topological polar surface area (TPSA) is 61.7 Å². The Morgan fingerprint density at radius 1 is 1.17 bits per heavy atom. The standard InChI is InChI=1S/C20H25NO3/c1-14(21-13-19(23)16-6-8-17(22)9-7-16)12-20-18-5-3-2-4-15(18)10-11-24-20/h2-9,14,19-23H,10-13H2,1H3/t14?,19-,20?/m0/s1. The molecular weight excluding hydrogens is 302 g/mol. The first kappa shape index (κ1) is 17.0. The van der Waals surface area contributed by atoms with Gasteiger partial charge in [-0.15, -0.1) is 0 Å². The Morgan fingerprint density at radius 3 is 2.71 bits per heavy atom. The van der Waals surface area contributed by atoms with Gasteiger partial charge in [0.05, 0.1) is 18.8 Å². The van der Waals surface area contributed by atoms with Crippen LogP contribution in [0.15, 0.2) is 48.5 Å². The first-order chi connectivity index (χ1) is 11.6. The van der Waals surface area contributed by atoms with E-state index < -0.39 is 6.10 Å². The molecule has 0 aromatic heterocycles. The molecule has 128 valence electrons. The molecule has 2 unspecified atom stereocenters. The van der Waals surface area contributed by atoms with Gasteiger partial charge in [0.25, 0.3) is 0 Å². The molecule has 0 saturated carbocycles. The molecule has 4 heteroatoms. The van der Waals surface area contributed by atoms with E-state index >= 15 is 0 Å². The monoisotopic (exact) mass is 327 g/mol. The average Bonchev–Trinajstić information content (AvgIpc) is 2.61. The van der Waals surface area contributed by atoms with Crippen LogP contribution >= 0.6 is 0 Å². The second-order valence-electron chi connectivity index (χ2n) is 6.46. The second kappa shape index (κ2) is 7.79. The molecule has 0 fully saturated rings.